The van der Waals surface area contributed by atoms with Crippen molar-refractivity contribution in [2.45, 2.75) is 25.0 Å². The van der Waals surface area contributed by atoms with Gasteiger partial charge in [-0.05, 0) is 36.4 Å². The molecule has 0 fully saturated rings. The SMILES string of the molecule is CC(CO)SCCCC(=O)c1ccc(F)cc1. The van der Waals surface area contributed by atoms with Crippen molar-refractivity contribution in [2.75, 3.05) is 12.4 Å². The van der Waals surface area contributed by atoms with Crippen LogP contribution in [-0.4, -0.2) is 28.5 Å². The van der Waals surface area contributed by atoms with Gasteiger partial charge in [0, 0.05) is 17.2 Å². The number of hydrogen-bond acceptors (Lipinski definition) is 3. The Labute approximate surface area is 105 Å². The molecule has 0 aliphatic rings. The molecule has 0 aliphatic heterocycles. The predicted molar refractivity (Wildman–Crippen MR) is 69.0 cm³/mol. The summed E-state index contributed by atoms with van der Waals surface area (Å²) in [7, 11) is 0. The fourth-order valence-electron chi connectivity index (χ4n) is 1.35. The van der Waals surface area contributed by atoms with Crippen molar-refractivity contribution in [1.82, 2.24) is 0 Å². The molecule has 1 aromatic carbocycles. The standard InChI is InChI=1S/C13H17FO2S/c1-10(9-15)17-8-2-3-13(16)11-4-6-12(14)7-5-11/h4-7,10,15H,2-3,8-9H2,1H3. The Balaban J connectivity index is 2.28. The number of thioether (sulfide) groups is 1. The number of carbonyl (C=O) groups excluding carboxylic acids is 1. The van der Waals surface area contributed by atoms with Crippen LogP contribution in [0.3, 0.4) is 0 Å². The summed E-state index contributed by atoms with van der Waals surface area (Å²) in [6.45, 7) is 2.11. The molecule has 4 heteroatoms. The van der Waals surface area contributed by atoms with Gasteiger partial charge in [-0.1, -0.05) is 6.92 Å². The zero-order valence-electron chi connectivity index (χ0n) is 9.86. The zero-order valence-corrected chi connectivity index (χ0v) is 10.7. The van der Waals surface area contributed by atoms with Crippen molar-refractivity contribution in [1.29, 1.82) is 0 Å². The second-order valence-electron chi connectivity index (χ2n) is 3.90. The van der Waals surface area contributed by atoms with Crippen molar-refractivity contribution < 1.29 is 14.3 Å². The highest BCUT2D eigenvalue weighted by molar-refractivity contribution is 7.99. The summed E-state index contributed by atoms with van der Waals surface area (Å²) >= 11 is 1.65. The Morgan fingerprint density at radius 3 is 2.65 bits per heavy atom. The molecule has 0 amide bonds. The summed E-state index contributed by atoms with van der Waals surface area (Å²) in [5, 5.41) is 9.04. The van der Waals surface area contributed by atoms with Gasteiger partial charge in [0.05, 0.1) is 6.61 Å². The molecule has 0 saturated heterocycles. The number of ketones is 1. The van der Waals surface area contributed by atoms with Gasteiger partial charge >= 0.3 is 0 Å². The molecule has 0 bridgehead atoms. The molecule has 1 N–H and O–H groups in total. The van der Waals surface area contributed by atoms with Crippen molar-refractivity contribution in [3.8, 4) is 0 Å². The van der Waals surface area contributed by atoms with Crippen LogP contribution in [0.15, 0.2) is 24.3 Å². The summed E-state index contributed by atoms with van der Waals surface area (Å²) < 4.78 is 12.6. The minimum atomic E-state index is -0.325. The van der Waals surface area contributed by atoms with Crippen LogP contribution in [0.2, 0.25) is 0 Å². The van der Waals surface area contributed by atoms with Crippen LogP contribution in [0.25, 0.3) is 0 Å². The number of Topliss-reactive ketones (excluding diaryl/α,β-unsaturated/α-hetero) is 1. The van der Waals surface area contributed by atoms with Gasteiger partial charge in [-0.25, -0.2) is 4.39 Å². The molecule has 0 spiro atoms. The lowest BCUT2D eigenvalue weighted by atomic mass is 10.1. The first-order chi connectivity index (χ1) is 8.13. The van der Waals surface area contributed by atoms with Crippen LogP contribution >= 0.6 is 11.8 Å². The molecular weight excluding hydrogens is 239 g/mol. The number of halogens is 1. The van der Waals surface area contributed by atoms with Crippen molar-refractivity contribution >= 4 is 17.5 Å². The first-order valence-electron chi connectivity index (χ1n) is 5.64. The van der Waals surface area contributed by atoms with Crippen LogP contribution in [0.5, 0.6) is 0 Å². The van der Waals surface area contributed by atoms with Gasteiger partial charge in [-0.2, -0.15) is 11.8 Å². The molecule has 1 unspecified atom stereocenters. The highest BCUT2D eigenvalue weighted by Crippen LogP contribution is 2.13. The summed E-state index contributed by atoms with van der Waals surface area (Å²) in [6.07, 6.45) is 1.25. The number of aliphatic hydroxyl groups excluding tert-OH is 1. The average molecular weight is 256 g/mol. The number of benzene rings is 1. The molecule has 1 atom stereocenters. The lowest BCUT2D eigenvalue weighted by Crippen LogP contribution is -2.04. The molecule has 94 valence electrons. The molecule has 0 radical (unpaired) electrons. The smallest absolute Gasteiger partial charge is 0.162 e. The van der Waals surface area contributed by atoms with E-state index in [9.17, 15) is 9.18 Å². The fraction of sp³-hybridized carbons (Fsp3) is 0.462. The Bertz CT molecular complexity index is 351. The van der Waals surface area contributed by atoms with Crippen LogP contribution in [0.4, 0.5) is 4.39 Å². The molecule has 0 heterocycles. The normalized spacial score (nSPS) is 12.4. The molecular formula is C13H17FO2S. The predicted octanol–water partition coefficient (Wildman–Crippen LogP) is 2.90. The largest absolute Gasteiger partial charge is 0.395 e. The van der Waals surface area contributed by atoms with Crippen LogP contribution in [0.1, 0.15) is 30.1 Å². The Kier molecular flexibility index (Phi) is 6.22. The van der Waals surface area contributed by atoms with Crippen LogP contribution in [-0.2, 0) is 0 Å². The van der Waals surface area contributed by atoms with Gasteiger partial charge in [-0.3, -0.25) is 4.79 Å². The number of rotatable bonds is 7. The number of carbonyl (C=O) groups is 1. The van der Waals surface area contributed by atoms with E-state index in [1.165, 1.54) is 24.3 Å². The quantitative estimate of drug-likeness (QED) is 0.602. The van der Waals surface area contributed by atoms with Crippen molar-refractivity contribution in [2.24, 2.45) is 0 Å². The van der Waals surface area contributed by atoms with E-state index < -0.39 is 0 Å². The minimum absolute atomic E-state index is 0.0438. The Hall–Kier alpha value is -0.870. The van der Waals surface area contributed by atoms with Gasteiger partial charge in [0.25, 0.3) is 0 Å². The van der Waals surface area contributed by atoms with Gasteiger partial charge in [0.15, 0.2) is 5.78 Å². The van der Waals surface area contributed by atoms with E-state index in [0.29, 0.717) is 12.0 Å². The van der Waals surface area contributed by atoms with E-state index in [4.69, 9.17) is 5.11 Å². The molecule has 1 rings (SSSR count). The highest BCUT2D eigenvalue weighted by atomic mass is 32.2. The average Bonchev–Trinajstić information content (AvgIpc) is 2.34. The van der Waals surface area contributed by atoms with Crippen molar-refractivity contribution in [3.63, 3.8) is 0 Å². The van der Waals surface area contributed by atoms with Crippen LogP contribution < -0.4 is 0 Å². The van der Waals surface area contributed by atoms with Crippen molar-refractivity contribution in [3.05, 3.63) is 35.6 Å². The summed E-state index contributed by atoms with van der Waals surface area (Å²) in [5.41, 5.74) is 0.562. The third-order valence-corrected chi connectivity index (χ3v) is 3.62. The van der Waals surface area contributed by atoms with E-state index in [2.05, 4.69) is 0 Å². The molecule has 0 saturated carbocycles. The highest BCUT2D eigenvalue weighted by Gasteiger charge is 2.06. The van der Waals surface area contributed by atoms with E-state index in [1.807, 2.05) is 6.92 Å². The van der Waals surface area contributed by atoms with Gasteiger partial charge in [0.2, 0.25) is 0 Å². The molecule has 0 aliphatic carbocycles. The molecule has 2 nitrogen and oxygen atoms in total. The van der Waals surface area contributed by atoms with E-state index >= 15 is 0 Å². The second kappa shape index (κ2) is 7.45. The number of aliphatic hydroxyl groups is 1. The summed E-state index contributed by atoms with van der Waals surface area (Å²) in [4.78, 5) is 11.7. The second-order valence-corrected chi connectivity index (χ2v) is 5.44. The van der Waals surface area contributed by atoms with E-state index in [1.54, 1.807) is 11.8 Å². The van der Waals surface area contributed by atoms with E-state index in [-0.39, 0.29) is 23.5 Å². The lowest BCUT2D eigenvalue weighted by molar-refractivity contribution is 0.0982. The van der Waals surface area contributed by atoms with Gasteiger partial charge < -0.3 is 5.11 Å². The summed E-state index contributed by atoms with van der Waals surface area (Å²) in [6, 6.07) is 5.63. The minimum Gasteiger partial charge on any atom is -0.395 e. The van der Waals surface area contributed by atoms with E-state index in [0.717, 1.165) is 12.2 Å². The van der Waals surface area contributed by atoms with Gasteiger partial charge in [0.1, 0.15) is 5.82 Å². The lowest BCUT2D eigenvalue weighted by Gasteiger charge is -2.06. The maximum absolute atomic E-state index is 12.6. The third kappa shape index (κ3) is 5.33. The summed E-state index contributed by atoms with van der Waals surface area (Å²) in [5.74, 6) is 0.574. The molecule has 0 aromatic heterocycles. The third-order valence-electron chi connectivity index (χ3n) is 2.37. The van der Waals surface area contributed by atoms with Crippen LogP contribution in [0, 0.1) is 5.82 Å². The topological polar surface area (TPSA) is 37.3 Å². The first-order valence-corrected chi connectivity index (χ1v) is 6.69. The molecule has 17 heavy (non-hydrogen) atoms. The molecule has 1 aromatic rings. The van der Waals surface area contributed by atoms with Gasteiger partial charge in [-0.15, -0.1) is 0 Å². The Morgan fingerprint density at radius 1 is 1.41 bits per heavy atom. The number of hydrogen-bond donors (Lipinski definition) is 1. The zero-order chi connectivity index (χ0) is 12.7. The maximum Gasteiger partial charge on any atom is 0.162 e. The fourth-order valence-corrected chi connectivity index (χ4v) is 2.17. The monoisotopic (exact) mass is 256 g/mol. The maximum atomic E-state index is 12.6. The first kappa shape index (κ1) is 14.2. The Morgan fingerprint density at radius 2 is 2.06 bits per heavy atom.